The maximum absolute atomic E-state index is 12.7. The van der Waals surface area contributed by atoms with Crippen LogP contribution in [-0.2, 0) is 9.53 Å². The Morgan fingerprint density at radius 1 is 1.17 bits per heavy atom. The van der Waals surface area contributed by atoms with Gasteiger partial charge in [0.2, 0.25) is 5.91 Å². The molecule has 6 heteroatoms. The number of hydrogen-bond donors (Lipinski definition) is 1. The molecule has 0 spiro atoms. The minimum absolute atomic E-state index is 0.0263. The van der Waals surface area contributed by atoms with Gasteiger partial charge in [0, 0.05) is 12.8 Å². The molecule has 0 aliphatic heterocycles. The molecular weight excluding hydrogens is 419 g/mol. The van der Waals surface area contributed by atoms with Crippen LogP contribution in [0.25, 0.3) is 22.0 Å². The van der Waals surface area contributed by atoms with Crippen LogP contribution in [0.2, 0.25) is 0 Å². The molecule has 0 saturated carbocycles. The zero-order chi connectivity index (χ0) is 17.1. The molecule has 122 valence electrons. The number of carbonyl (C=O) groups is 1. The lowest BCUT2D eigenvalue weighted by atomic mass is 10.1. The summed E-state index contributed by atoms with van der Waals surface area (Å²) in [6.45, 7) is -0.0263. The molecule has 3 rings (SSSR count). The van der Waals surface area contributed by atoms with Gasteiger partial charge in [-0.25, -0.2) is 2.78 Å². The van der Waals surface area contributed by atoms with Gasteiger partial charge in [-0.3, -0.25) is 9.59 Å². The van der Waals surface area contributed by atoms with Gasteiger partial charge < -0.3 is 10.1 Å². The molecular formula is C18H15IN2O3. The van der Waals surface area contributed by atoms with Gasteiger partial charge in [0.15, 0.2) is 0 Å². The van der Waals surface area contributed by atoms with Crippen molar-refractivity contribution in [3.05, 3.63) is 65.0 Å². The number of benzene rings is 2. The highest BCUT2D eigenvalue weighted by molar-refractivity contribution is 14.1. The number of halogens is 1. The van der Waals surface area contributed by atoms with E-state index in [1.165, 1.54) is 7.11 Å². The monoisotopic (exact) mass is 434 g/mol. The Bertz CT molecular complexity index is 952. The third kappa shape index (κ3) is 3.34. The smallest absolute Gasteiger partial charge is 0.267 e. The fourth-order valence-corrected chi connectivity index (χ4v) is 3.18. The second kappa shape index (κ2) is 7.14. The number of fused-ring (bicyclic) bond motifs is 1. The van der Waals surface area contributed by atoms with Crippen LogP contribution in [0.5, 0.6) is 0 Å². The molecule has 0 fully saturated rings. The fraction of sp³-hybridized carbons (Fsp3) is 0.111. The lowest BCUT2D eigenvalue weighted by Gasteiger charge is -2.10. The molecule has 0 aliphatic carbocycles. The number of nitrogens with one attached hydrogen (secondary N) is 1. The molecule has 0 unspecified atom stereocenters. The van der Waals surface area contributed by atoms with E-state index < -0.39 is 0 Å². The van der Waals surface area contributed by atoms with Crippen molar-refractivity contribution in [3.63, 3.8) is 0 Å². The number of pyridine rings is 1. The normalized spacial score (nSPS) is 10.8. The van der Waals surface area contributed by atoms with Crippen molar-refractivity contribution < 1.29 is 9.53 Å². The summed E-state index contributed by atoms with van der Waals surface area (Å²) in [6.07, 6.45) is 0. The van der Waals surface area contributed by atoms with E-state index in [1.54, 1.807) is 14.9 Å². The lowest BCUT2D eigenvalue weighted by Crippen LogP contribution is -2.18. The Labute approximate surface area is 152 Å². The van der Waals surface area contributed by atoms with E-state index in [0.717, 1.165) is 16.6 Å². The first-order valence-corrected chi connectivity index (χ1v) is 8.27. The van der Waals surface area contributed by atoms with Crippen molar-refractivity contribution in [1.29, 1.82) is 0 Å². The maximum Gasteiger partial charge on any atom is 0.267 e. The van der Waals surface area contributed by atoms with E-state index in [4.69, 9.17) is 4.74 Å². The van der Waals surface area contributed by atoms with E-state index >= 15 is 0 Å². The first-order valence-electron chi connectivity index (χ1n) is 7.30. The quantitative estimate of drug-likeness (QED) is 0.641. The van der Waals surface area contributed by atoms with E-state index in [1.807, 2.05) is 65.3 Å². The number of aromatic nitrogens is 1. The highest BCUT2D eigenvalue weighted by Gasteiger charge is 2.10. The summed E-state index contributed by atoms with van der Waals surface area (Å²) in [7, 11) is 1.46. The molecule has 1 amide bonds. The predicted molar refractivity (Wildman–Crippen MR) is 104 cm³/mol. The van der Waals surface area contributed by atoms with Crippen molar-refractivity contribution in [1.82, 2.24) is 2.78 Å². The van der Waals surface area contributed by atoms with Crippen molar-refractivity contribution in [2.24, 2.45) is 0 Å². The summed E-state index contributed by atoms with van der Waals surface area (Å²) < 4.78 is 6.39. The Hall–Kier alpha value is -2.19. The van der Waals surface area contributed by atoms with Gasteiger partial charge in [0.1, 0.15) is 6.61 Å². The van der Waals surface area contributed by atoms with E-state index in [0.29, 0.717) is 11.1 Å². The number of anilines is 1. The number of nitrogens with zero attached hydrogens (tertiary/aromatic N) is 1. The fourth-order valence-electron chi connectivity index (χ4n) is 2.50. The second-order valence-electron chi connectivity index (χ2n) is 5.26. The third-order valence-electron chi connectivity index (χ3n) is 3.59. The zero-order valence-corrected chi connectivity index (χ0v) is 15.1. The summed E-state index contributed by atoms with van der Waals surface area (Å²) in [5.74, 6) is -0.257. The molecule has 1 N–H and O–H groups in total. The summed E-state index contributed by atoms with van der Waals surface area (Å²) in [5.41, 5.74) is 2.27. The molecule has 1 aromatic heterocycles. The van der Waals surface area contributed by atoms with Crippen LogP contribution in [-0.4, -0.2) is 22.4 Å². The Morgan fingerprint density at radius 3 is 2.62 bits per heavy atom. The topological polar surface area (TPSA) is 60.3 Å². The summed E-state index contributed by atoms with van der Waals surface area (Å²) in [4.78, 5) is 24.3. The zero-order valence-electron chi connectivity index (χ0n) is 13.0. The summed E-state index contributed by atoms with van der Waals surface area (Å²) in [5, 5.41) is 4.10. The molecule has 0 aliphatic rings. The van der Waals surface area contributed by atoms with Gasteiger partial charge in [-0.15, -0.1) is 0 Å². The molecule has 0 atom stereocenters. The van der Waals surface area contributed by atoms with Gasteiger partial charge in [0.25, 0.3) is 5.56 Å². The van der Waals surface area contributed by atoms with Gasteiger partial charge in [-0.05, 0) is 29.1 Å². The molecule has 0 saturated heterocycles. The molecule has 3 aromatic rings. The first kappa shape index (κ1) is 16.7. The Kier molecular flexibility index (Phi) is 4.96. The van der Waals surface area contributed by atoms with Crippen LogP contribution >= 0.6 is 22.9 Å². The highest BCUT2D eigenvalue weighted by atomic mass is 127. The van der Waals surface area contributed by atoms with E-state index in [-0.39, 0.29) is 18.1 Å². The number of amides is 1. The number of hydrogen-bond acceptors (Lipinski definition) is 3. The molecule has 5 nitrogen and oxygen atoms in total. The standard InChI is InChI=1S/C18H15IN2O3/c1-24-11-17(22)20-14-8-7-13-9-16(12-5-3-2-4-6-12)21(19)18(23)15(13)10-14/h2-10H,11H2,1H3,(H,20,22). The average molecular weight is 434 g/mol. The number of rotatable bonds is 4. The first-order chi connectivity index (χ1) is 11.6. The Balaban J connectivity index is 2.08. The number of methoxy groups -OCH3 is 1. The Morgan fingerprint density at radius 2 is 1.92 bits per heavy atom. The van der Waals surface area contributed by atoms with Gasteiger partial charge >= 0.3 is 0 Å². The van der Waals surface area contributed by atoms with Crippen LogP contribution < -0.4 is 10.9 Å². The van der Waals surface area contributed by atoms with Crippen molar-refractivity contribution in [2.75, 3.05) is 19.0 Å². The summed E-state index contributed by atoms with van der Waals surface area (Å²) in [6, 6.07) is 17.0. The molecule has 0 bridgehead atoms. The van der Waals surface area contributed by atoms with Gasteiger partial charge in [-0.2, -0.15) is 0 Å². The van der Waals surface area contributed by atoms with Crippen molar-refractivity contribution >= 4 is 45.2 Å². The SMILES string of the molecule is COCC(=O)Nc1ccc2cc(-c3ccccc3)n(I)c(=O)c2c1. The second-order valence-corrected chi connectivity index (χ2v) is 6.23. The van der Waals surface area contributed by atoms with E-state index in [2.05, 4.69) is 5.32 Å². The van der Waals surface area contributed by atoms with Gasteiger partial charge in [-0.1, -0.05) is 36.4 Å². The minimum Gasteiger partial charge on any atom is -0.375 e. The minimum atomic E-state index is -0.257. The van der Waals surface area contributed by atoms with Crippen LogP contribution in [0.1, 0.15) is 0 Å². The predicted octanol–water partition coefficient (Wildman–Crippen LogP) is 3.45. The van der Waals surface area contributed by atoms with Crippen molar-refractivity contribution in [3.8, 4) is 11.3 Å². The molecule has 24 heavy (non-hydrogen) atoms. The summed E-state index contributed by atoms with van der Waals surface area (Å²) >= 11 is 2.00. The number of ether oxygens (including phenoxy) is 1. The lowest BCUT2D eigenvalue weighted by molar-refractivity contribution is -0.119. The molecule has 1 heterocycles. The van der Waals surface area contributed by atoms with Gasteiger partial charge in [0.05, 0.1) is 33.9 Å². The maximum atomic E-state index is 12.7. The third-order valence-corrected chi connectivity index (χ3v) is 4.55. The highest BCUT2D eigenvalue weighted by Crippen LogP contribution is 2.25. The van der Waals surface area contributed by atoms with Crippen LogP contribution in [0, 0.1) is 0 Å². The number of carbonyl (C=O) groups excluding carboxylic acids is 1. The largest absolute Gasteiger partial charge is 0.375 e. The molecule has 0 radical (unpaired) electrons. The van der Waals surface area contributed by atoms with Crippen LogP contribution in [0.4, 0.5) is 5.69 Å². The van der Waals surface area contributed by atoms with E-state index in [9.17, 15) is 9.59 Å². The average Bonchev–Trinajstić information content (AvgIpc) is 2.59. The molecule has 2 aromatic carbocycles. The van der Waals surface area contributed by atoms with Crippen molar-refractivity contribution in [2.45, 2.75) is 0 Å². The van der Waals surface area contributed by atoms with Crippen LogP contribution in [0.3, 0.4) is 0 Å². The van der Waals surface area contributed by atoms with Crippen LogP contribution in [0.15, 0.2) is 59.4 Å².